The molecule has 0 saturated carbocycles. The zero-order valence-corrected chi connectivity index (χ0v) is 11.9. The maximum atomic E-state index is 14.1. The zero-order valence-electron chi connectivity index (χ0n) is 11.0. The smallest absolute Gasteiger partial charge is 0.320 e. The van der Waals surface area contributed by atoms with Gasteiger partial charge >= 0.3 is 5.97 Å². The zero-order chi connectivity index (χ0) is 14.6. The molecule has 1 aliphatic rings. The van der Waals surface area contributed by atoms with Gasteiger partial charge in [-0.15, -0.1) is 12.6 Å². The van der Waals surface area contributed by atoms with Crippen LogP contribution in [0.15, 0.2) is 30.3 Å². The van der Waals surface area contributed by atoms with Crippen LogP contribution in [0.4, 0.5) is 4.39 Å². The number of alkyl halides is 1. The normalized spacial score (nSPS) is 24.6. The molecule has 0 bridgehead atoms. The van der Waals surface area contributed by atoms with Crippen LogP contribution in [0.2, 0.25) is 0 Å². The summed E-state index contributed by atoms with van der Waals surface area (Å²) in [6.45, 7) is 0.648. The van der Waals surface area contributed by atoms with Crippen molar-refractivity contribution in [3.05, 3.63) is 35.9 Å². The molecule has 2 atom stereocenters. The number of rotatable bonds is 5. The maximum Gasteiger partial charge on any atom is 0.320 e. The van der Waals surface area contributed by atoms with E-state index < -0.39 is 17.1 Å². The topological polar surface area (TPSA) is 49.8 Å². The minimum Gasteiger partial charge on any atom is -0.460 e. The predicted octanol–water partition coefficient (Wildman–Crippen LogP) is 1.39. The van der Waals surface area contributed by atoms with Gasteiger partial charge in [0.2, 0.25) is 0 Å². The maximum absolute atomic E-state index is 14.1. The van der Waals surface area contributed by atoms with Crippen molar-refractivity contribution < 1.29 is 19.0 Å². The SMILES string of the molecule is O=C(CN1CCC(F)(C(O)S)C1)OCc1ccccc1. The molecule has 0 aromatic heterocycles. The minimum atomic E-state index is -1.75. The van der Waals surface area contributed by atoms with Crippen LogP contribution in [0.5, 0.6) is 0 Å². The Morgan fingerprint density at radius 3 is 2.80 bits per heavy atom. The molecule has 1 N–H and O–H groups in total. The lowest BCUT2D eigenvalue weighted by molar-refractivity contribution is -0.146. The van der Waals surface area contributed by atoms with Gasteiger partial charge in [0.1, 0.15) is 12.0 Å². The lowest BCUT2D eigenvalue weighted by Crippen LogP contribution is -2.39. The molecular weight excluding hydrogens is 281 g/mol. The van der Waals surface area contributed by atoms with Gasteiger partial charge in [0.15, 0.2) is 5.67 Å². The van der Waals surface area contributed by atoms with E-state index in [0.29, 0.717) is 6.54 Å². The Kier molecular flexibility index (Phi) is 5.01. The van der Waals surface area contributed by atoms with E-state index in [-0.39, 0.29) is 26.1 Å². The molecule has 110 valence electrons. The van der Waals surface area contributed by atoms with E-state index in [2.05, 4.69) is 12.6 Å². The summed E-state index contributed by atoms with van der Waals surface area (Å²) in [6, 6.07) is 9.36. The van der Waals surface area contributed by atoms with Gasteiger partial charge < -0.3 is 9.84 Å². The third-order valence-electron chi connectivity index (χ3n) is 3.39. The quantitative estimate of drug-likeness (QED) is 0.490. The first-order valence-corrected chi connectivity index (χ1v) is 6.98. The van der Waals surface area contributed by atoms with E-state index >= 15 is 0 Å². The molecular formula is C14H18FNO3S. The molecule has 1 saturated heterocycles. The lowest BCUT2D eigenvalue weighted by Gasteiger charge is -2.22. The van der Waals surface area contributed by atoms with Crippen molar-refractivity contribution in [1.82, 2.24) is 4.90 Å². The van der Waals surface area contributed by atoms with Crippen molar-refractivity contribution in [3.8, 4) is 0 Å². The van der Waals surface area contributed by atoms with E-state index in [0.717, 1.165) is 5.56 Å². The fourth-order valence-electron chi connectivity index (χ4n) is 2.19. The van der Waals surface area contributed by atoms with Gasteiger partial charge in [-0.1, -0.05) is 30.3 Å². The van der Waals surface area contributed by atoms with Gasteiger partial charge in [-0.05, 0) is 12.0 Å². The summed E-state index contributed by atoms with van der Waals surface area (Å²) in [4.78, 5) is 13.3. The number of hydrogen-bond acceptors (Lipinski definition) is 5. The van der Waals surface area contributed by atoms with Gasteiger partial charge in [0.25, 0.3) is 0 Å². The van der Waals surface area contributed by atoms with E-state index in [4.69, 9.17) is 4.74 Å². The molecule has 0 radical (unpaired) electrons. The highest BCUT2D eigenvalue weighted by atomic mass is 32.1. The largest absolute Gasteiger partial charge is 0.460 e. The Hall–Kier alpha value is -1.11. The highest BCUT2D eigenvalue weighted by molar-refractivity contribution is 7.80. The molecule has 0 amide bonds. The number of aliphatic hydroxyl groups excluding tert-OH is 1. The first kappa shape index (κ1) is 15.3. The predicted molar refractivity (Wildman–Crippen MR) is 76.1 cm³/mol. The number of thiol groups is 1. The standard InChI is InChI=1S/C14H18FNO3S/c15-14(13(18)20)6-7-16(10-14)8-12(17)19-9-11-4-2-1-3-5-11/h1-5,13,18,20H,6-10H2. The number of benzene rings is 1. The summed E-state index contributed by atoms with van der Waals surface area (Å²) < 4.78 is 19.2. The summed E-state index contributed by atoms with van der Waals surface area (Å²) in [5, 5.41) is 9.26. The second-order valence-corrected chi connectivity index (χ2v) is 5.50. The molecule has 6 heteroatoms. The number of likely N-dealkylation sites (tertiary alicyclic amines) is 1. The van der Waals surface area contributed by atoms with Crippen molar-refractivity contribution in [2.24, 2.45) is 0 Å². The van der Waals surface area contributed by atoms with Gasteiger partial charge in [0, 0.05) is 13.1 Å². The second-order valence-electron chi connectivity index (χ2n) is 5.02. The summed E-state index contributed by atoms with van der Waals surface area (Å²) in [6.07, 6.45) is 0.170. The molecule has 2 unspecified atom stereocenters. The number of hydrogen-bond donors (Lipinski definition) is 2. The van der Waals surface area contributed by atoms with Crippen LogP contribution in [0.25, 0.3) is 0 Å². The third kappa shape index (κ3) is 3.94. The number of aliphatic hydroxyl groups is 1. The van der Waals surface area contributed by atoms with E-state index in [1.54, 1.807) is 4.90 Å². The minimum absolute atomic E-state index is 0.00188. The number of carbonyl (C=O) groups is 1. The molecule has 0 spiro atoms. The molecule has 2 rings (SSSR count). The van der Waals surface area contributed by atoms with E-state index in [1.807, 2.05) is 30.3 Å². The highest BCUT2D eigenvalue weighted by Gasteiger charge is 2.43. The van der Waals surface area contributed by atoms with Crippen LogP contribution in [-0.4, -0.2) is 46.7 Å². The van der Waals surface area contributed by atoms with Crippen LogP contribution >= 0.6 is 12.6 Å². The summed E-state index contributed by atoms with van der Waals surface area (Å²) >= 11 is 3.74. The molecule has 4 nitrogen and oxygen atoms in total. The van der Waals surface area contributed by atoms with Gasteiger partial charge in [-0.2, -0.15) is 0 Å². The fraction of sp³-hybridized carbons (Fsp3) is 0.500. The molecule has 1 fully saturated rings. The molecule has 20 heavy (non-hydrogen) atoms. The van der Waals surface area contributed by atoms with Crippen molar-refractivity contribution in [1.29, 1.82) is 0 Å². The number of halogens is 1. The third-order valence-corrected chi connectivity index (χ3v) is 3.85. The van der Waals surface area contributed by atoms with Crippen LogP contribution in [0.3, 0.4) is 0 Å². The average Bonchev–Trinajstić information content (AvgIpc) is 2.80. The first-order chi connectivity index (χ1) is 9.49. The molecule has 0 aliphatic carbocycles. The number of ether oxygens (including phenoxy) is 1. The van der Waals surface area contributed by atoms with Gasteiger partial charge in [0.05, 0.1) is 6.54 Å². The van der Waals surface area contributed by atoms with Crippen molar-refractivity contribution >= 4 is 18.6 Å². The number of carbonyl (C=O) groups excluding carboxylic acids is 1. The van der Waals surface area contributed by atoms with Crippen LogP contribution in [0, 0.1) is 0 Å². The Bertz CT molecular complexity index is 457. The fourth-order valence-corrected chi connectivity index (χ4v) is 2.40. The van der Waals surface area contributed by atoms with E-state index in [9.17, 15) is 14.3 Å². The molecule has 1 aromatic rings. The second kappa shape index (κ2) is 6.56. The lowest BCUT2D eigenvalue weighted by atomic mass is 10.1. The van der Waals surface area contributed by atoms with Crippen molar-refractivity contribution in [2.45, 2.75) is 24.1 Å². The Morgan fingerprint density at radius 2 is 2.20 bits per heavy atom. The Labute approximate surface area is 122 Å². The Morgan fingerprint density at radius 1 is 1.50 bits per heavy atom. The van der Waals surface area contributed by atoms with E-state index in [1.165, 1.54) is 0 Å². The number of nitrogens with zero attached hydrogens (tertiary/aromatic N) is 1. The monoisotopic (exact) mass is 299 g/mol. The van der Waals surface area contributed by atoms with Crippen molar-refractivity contribution in [3.63, 3.8) is 0 Å². The average molecular weight is 299 g/mol. The van der Waals surface area contributed by atoms with Gasteiger partial charge in [-0.25, -0.2) is 4.39 Å². The summed E-state index contributed by atoms with van der Waals surface area (Å²) in [5.41, 5.74) is -2.16. The van der Waals surface area contributed by atoms with Crippen LogP contribution in [-0.2, 0) is 16.1 Å². The first-order valence-electron chi connectivity index (χ1n) is 6.46. The summed E-state index contributed by atoms with van der Waals surface area (Å²) in [5.74, 6) is -0.397. The van der Waals surface area contributed by atoms with Gasteiger partial charge in [-0.3, -0.25) is 9.69 Å². The summed E-state index contributed by atoms with van der Waals surface area (Å²) in [7, 11) is 0. The van der Waals surface area contributed by atoms with Crippen LogP contribution < -0.4 is 0 Å². The number of esters is 1. The molecule has 1 aromatic carbocycles. The highest BCUT2D eigenvalue weighted by Crippen LogP contribution is 2.30. The molecule has 1 aliphatic heterocycles. The Balaban J connectivity index is 1.76. The molecule has 1 heterocycles. The van der Waals surface area contributed by atoms with Crippen LogP contribution in [0.1, 0.15) is 12.0 Å². The van der Waals surface area contributed by atoms with Crippen molar-refractivity contribution in [2.75, 3.05) is 19.6 Å².